The third-order valence-corrected chi connectivity index (χ3v) is 6.16. The van der Waals surface area contributed by atoms with Crippen molar-refractivity contribution in [3.63, 3.8) is 0 Å². The zero-order valence-corrected chi connectivity index (χ0v) is 15.3. The van der Waals surface area contributed by atoms with Crippen molar-refractivity contribution in [3.8, 4) is 0 Å². The highest BCUT2D eigenvalue weighted by atomic mass is 32.2. The third-order valence-electron chi connectivity index (χ3n) is 4.38. The van der Waals surface area contributed by atoms with Gasteiger partial charge in [-0.05, 0) is 25.0 Å². The van der Waals surface area contributed by atoms with Crippen molar-refractivity contribution in [2.75, 3.05) is 12.4 Å². The lowest BCUT2D eigenvalue weighted by molar-refractivity contribution is -0.125. The Bertz CT molecular complexity index is 706. The number of ether oxygens (including phenoxy) is 1. The number of rotatable bonds is 6. The molecule has 1 N–H and O–H groups in total. The standard InChI is InChI=1S/C18H25NO5S/c1-2-25(22,23)16-12-8-7-11-15(16)18(21)24-13-17(20)19-14-9-5-3-4-6-10-14/h7-8,11-12,14H,2-6,9-10,13H2,1H3,(H,19,20). The van der Waals surface area contributed by atoms with E-state index in [1.807, 2.05) is 0 Å². The molecule has 7 heteroatoms. The van der Waals surface area contributed by atoms with Gasteiger partial charge in [-0.1, -0.05) is 44.7 Å². The molecule has 0 atom stereocenters. The third kappa shape index (κ3) is 5.56. The minimum absolute atomic E-state index is 0.0355. The topological polar surface area (TPSA) is 89.5 Å². The van der Waals surface area contributed by atoms with Gasteiger partial charge in [0, 0.05) is 6.04 Å². The Morgan fingerprint density at radius 2 is 1.76 bits per heavy atom. The summed E-state index contributed by atoms with van der Waals surface area (Å²) < 4.78 is 29.2. The highest BCUT2D eigenvalue weighted by Gasteiger charge is 2.22. The normalized spacial score (nSPS) is 16.0. The molecule has 25 heavy (non-hydrogen) atoms. The van der Waals surface area contributed by atoms with E-state index in [0.29, 0.717) is 0 Å². The molecule has 1 amide bonds. The van der Waals surface area contributed by atoms with Crippen LogP contribution in [-0.4, -0.2) is 38.7 Å². The number of hydrogen-bond acceptors (Lipinski definition) is 5. The molecule has 0 heterocycles. The number of hydrogen-bond donors (Lipinski definition) is 1. The van der Waals surface area contributed by atoms with Crippen LogP contribution in [-0.2, 0) is 19.4 Å². The van der Waals surface area contributed by atoms with Gasteiger partial charge in [0.05, 0.1) is 16.2 Å². The van der Waals surface area contributed by atoms with Crippen LogP contribution in [0, 0.1) is 0 Å². The van der Waals surface area contributed by atoms with E-state index >= 15 is 0 Å². The maximum Gasteiger partial charge on any atom is 0.339 e. The Kier molecular flexibility index (Phi) is 6.99. The first-order valence-electron chi connectivity index (χ1n) is 8.72. The van der Waals surface area contributed by atoms with Gasteiger partial charge < -0.3 is 10.1 Å². The molecule has 6 nitrogen and oxygen atoms in total. The molecule has 2 rings (SSSR count). The minimum atomic E-state index is -3.54. The molecular formula is C18H25NO5S. The molecule has 0 radical (unpaired) electrons. The van der Waals surface area contributed by atoms with E-state index in [-0.39, 0.29) is 28.2 Å². The van der Waals surface area contributed by atoms with Crippen LogP contribution in [0.25, 0.3) is 0 Å². The summed E-state index contributed by atoms with van der Waals surface area (Å²) in [5.74, 6) is -1.26. The number of esters is 1. The average molecular weight is 367 g/mol. The number of carbonyl (C=O) groups is 2. The van der Waals surface area contributed by atoms with Crippen LogP contribution in [0.5, 0.6) is 0 Å². The monoisotopic (exact) mass is 367 g/mol. The molecule has 0 bridgehead atoms. The van der Waals surface area contributed by atoms with Gasteiger partial charge >= 0.3 is 5.97 Å². The summed E-state index contributed by atoms with van der Waals surface area (Å²) in [6.07, 6.45) is 6.43. The van der Waals surface area contributed by atoms with Crippen LogP contribution in [0.2, 0.25) is 0 Å². The Morgan fingerprint density at radius 1 is 1.12 bits per heavy atom. The van der Waals surface area contributed by atoms with Gasteiger partial charge in [-0.3, -0.25) is 4.79 Å². The Balaban J connectivity index is 1.95. The molecule has 1 aliphatic rings. The molecule has 138 valence electrons. The first kappa shape index (κ1) is 19.4. The largest absolute Gasteiger partial charge is 0.452 e. The van der Waals surface area contributed by atoms with E-state index in [2.05, 4.69) is 5.32 Å². The fourth-order valence-corrected chi connectivity index (χ4v) is 4.05. The summed E-state index contributed by atoms with van der Waals surface area (Å²) in [6.45, 7) is 1.10. The lowest BCUT2D eigenvalue weighted by Gasteiger charge is -2.16. The predicted molar refractivity (Wildman–Crippen MR) is 94.1 cm³/mol. The van der Waals surface area contributed by atoms with Gasteiger partial charge in [0.2, 0.25) is 0 Å². The first-order valence-corrected chi connectivity index (χ1v) is 10.4. The zero-order chi connectivity index (χ0) is 18.3. The number of sulfone groups is 1. The summed E-state index contributed by atoms with van der Waals surface area (Å²) in [5, 5.41) is 2.89. The van der Waals surface area contributed by atoms with Crippen LogP contribution in [0.4, 0.5) is 0 Å². The average Bonchev–Trinajstić information content (AvgIpc) is 2.88. The van der Waals surface area contributed by atoms with Crippen molar-refractivity contribution in [1.82, 2.24) is 5.32 Å². The second kappa shape index (κ2) is 8.99. The fraction of sp³-hybridized carbons (Fsp3) is 0.556. The lowest BCUT2D eigenvalue weighted by Crippen LogP contribution is -2.37. The summed E-state index contributed by atoms with van der Waals surface area (Å²) in [4.78, 5) is 24.1. The summed E-state index contributed by atoms with van der Waals surface area (Å²) >= 11 is 0. The molecule has 1 aromatic rings. The highest BCUT2D eigenvalue weighted by Crippen LogP contribution is 2.19. The fourth-order valence-electron chi connectivity index (χ4n) is 2.96. The van der Waals surface area contributed by atoms with Gasteiger partial charge in [-0.25, -0.2) is 13.2 Å². The van der Waals surface area contributed by atoms with Gasteiger partial charge in [0.15, 0.2) is 16.4 Å². The predicted octanol–water partition coefficient (Wildman–Crippen LogP) is 2.48. The molecule has 0 saturated heterocycles. The van der Waals surface area contributed by atoms with Gasteiger partial charge in [-0.2, -0.15) is 0 Å². The maximum atomic E-state index is 12.2. The van der Waals surface area contributed by atoms with Crippen molar-refractivity contribution in [1.29, 1.82) is 0 Å². The number of benzene rings is 1. The molecule has 1 fully saturated rings. The van der Waals surface area contributed by atoms with E-state index in [1.54, 1.807) is 12.1 Å². The number of nitrogens with one attached hydrogen (secondary N) is 1. The quantitative estimate of drug-likeness (QED) is 0.616. The van der Waals surface area contributed by atoms with Crippen LogP contribution < -0.4 is 5.32 Å². The molecule has 1 saturated carbocycles. The minimum Gasteiger partial charge on any atom is -0.452 e. The van der Waals surface area contributed by atoms with E-state index in [0.717, 1.165) is 25.7 Å². The smallest absolute Gasteiger partial charge is 0.339 e. The van der Waals surface area contributed by atoms with Crippen LogP contribution in [0.3, 0.4) is 0 Å². The van der Waals surface area contributed by atoms with Crippen LogP contribution >= 0.6 is 0 Å². The lowest BCUT2D eigenvalue weighted by atomic mass is 10.1. The van der Waals surface area contributed by atoms with Gasteiger partial charge in [0.1, 0.15) is 0 Å². The van der Waals surface area contributed by atoms with Gasteiger partial charge in [-0.15, -0.1) is 0 Å². The van der Waals surface area contributed by atoms with Crippen molar-refractivity contribution < 1.29 is 22.7 Å². The zero-order valence-electron chi connectivity index (χ0n) is 14.5. The van der Waals surface area contributed by atoms with E-state index < -0.39 is 22.4 Å². The van der Waals surface area contributed by atoms with Crippen molar-refractivity contribution in [3.05, 3.63) is 29.8 Å². The molecule has 0 spiro atoms. The maximum absolute atomic E-state index is 12.2. The number of amides is 1. The van der Waals surface area contributed by atoms with Gasteiger partial charge in [0.25, 0.3) is 5.91 Å². The molecule has 0 unspecified atom stereocenters. The molecule has 1 aliphatic carbocycles. The van der Waals surface area contributed by atoms with E-state index in [9.17, 15) is 18.0 Å². The summed E-state index contributed by atoms with van der Waals surface area (Å²) in [6, 6.07) is 6.02. The second-order valence-electron chi connectivity index (χ2n) is 6.23. The van der Waals surface area contributed by atoms with E-state index in [1.165, 1.54) is 31.9 Å². The Hall–Kier alpha value is -1.89. The van der Waals surface area contributed by atoms with Crippen molar-refractivity contribution in [2.24, 2.45) is 0 Å². The highest BCUT2D eigenvalue weighted by molar-refractivity contribution is 7.91. The van der Waals surface area contributed by atoms with Crippen LogP contribution in [0.15, 0.2) is 29.2 Å². The Labute approximate surface area is 148 Å². The molecule has 0 aliphatic heterocycles. The first-order chi connectivity index (χ1) is 11.9. The Morgan fingerprint density at radius 3 is 2.40 bits per heavy atom. The molecule has 1 aromatic carbocycles. The van der Waals surface area contributed by atoms with E-state index in [4.69, 9.17) is 4.74 Å². The van der Waals surface area contributed by atoms with Crippen molar-refractivity contribution >= 4 is 21.7 Å². The summed E-state index contributed by atoms with van der Waals surface area (Å²) in [5.41, 5.74) is -0.0355. The molecular weight excluding hydrogens is 342 g/mol. The summed E-state index contributed by atoms with van der Waals surface area (Å²) in [7, 11) is -3.54. The molecule has 0 aromatic heterocycles. The second-order valence-corrected chi connectivity index (χ2v) is 8.48. The van der Waals surface area contributed by atoms with Crippen LogP contribution in [0.1, 0.15) is 55.8 Å². The number of carbonyl (C=O) groups excluding carboxylic acids is 2. The van der Waals surface area contributed by atoms with Crippen molar-refractivity contribution in [2.45, 2.75) is 56.4 Å². The SMILES string of the molecule is CCS(=O)(=O)c1ccccc1C(=O)OCC(=O)NC1CCCCCC1.